The molecular formula is C20H17N3O4. The number of amides is 1. The van der Waals surface area contributed by atoms with Crippen LogP contribution in [0.1, 0.15) is 11.5 Å². The fourth-order valence-electron chi connectivity index (χ4n) is 2.79. The Hall–Kier alpha value is -3.61. The minimum absolute atomic E-state index is 0.00960. The van der Waals surface area contributed by atoms with Gasteiger partial charge in [-0.15, -0.1) is 5.10 Å². The second-order valence-corrected chi connectivity index (χ2v) is 6.09. The van der Waals surface area contributed by atoms with E-state index in [-0.39, 0.29) is 18.5 Å². The van der Waals surface area contributed by atoms with E-state index < -0.39 is 5.91 Å². The maximum absolute atomic E-state index is 12.1. The van der Waals surface area contributed by atoms with E-state index in [2.05, 4.69) is 15.5 Å². The van der Waals surface area contributed by atoms with E-state index in [0.717, 1.165) is 16.5 Å². The second kappa shape index (κ2) is 6.95. The number of carbonyl (C=O) groups is 1. The number of anilines is 1. The van der Waals surface area contributed by atoms with Crippen molar-refractivity contribution in [2.45, 2.75) is 13.8 Å². The molecule has 4 aromatic rings. The molecule has 0 aliphatic carbocycles. The summed E-state index contributed by atoms with van der Waals surface area (Å²) in [6, 6.07) is 15.4. The number of aryl methyl sites for hydroxylation is 2. The van der Waals surface area contributed by atoms with Crippen molar-refractivity contribution in [3.05, 3.63) is 60.1 Å². The van der Waals surface area contributed by atoms with Crippen molar-refractivity contribution in [1.29, 1.82) is 0 Å². The topological polar surface area (TPSA) is 90.4 Å². The Labute approximate surface area is 155 Å². The summed E-state index contributed by atoms with van der Waals surface area (Å²) in [4.78, 5) is 12.1. The molecule has 136 valence electrons. The van der Waals surface area contributed by atoms with Gasteiger partial charge >= 0.3 is 6.01 Å². The van der Waals surface area contributed by atoms with Crippen molar-refractivity contribution in [3.8, 4) is 17.2 Å². The molecule has 1 amide bonds. The van der Waals surface area contributed by atoms with Crippen LogP contribution in [0.25, 0.3) is 22.2 Å². The number of hydrogen-bond donors (Lipinski definition) is 1. The third-order valence-corrected chi connectivity index (χ3v) is 4.03. The third-order valence-electron chi connectivity index (χ3n) is 4.03. The molecule has 0 atom stereocenters. The van der Waals surface area contributed by atoms with Crippen molar-refractivity contribution < 1.29 is 18.4 Å². The van der Waals surface area contributed by atoms with E-state index in [9.17, 15) is 4.79 Å². The predicted molar refractivity (Wildman–Crippen MR) is 99.5 cm³/mol. The summed E-state index contributed by atoms with van der Waals surface area (Å²) in [5, 5.41) is 12.5. The number of hydrogen-bond acceptors (Lipinski definition) is 6. The van der Waals surface area contributed by atoms with Gasteiger partial charge in [-0.1, -0.05) is 35.4 Å². The van der Waals surface area contributed by atoms with Crippen LogP contribution in [0.2, 0.25) is 0 Å². The van der Waals surface area contributed by atoms with Crippen molar-refractivity contribution in [1.82, 2.24) is 10.2 Å². The smallest absolute Gasteiger partial charge is 0.322 e. The van der Waals surface area contributed by atoms with Gasteiger partial charge in [0.2, 0.25) is 0 Å². The number of benzene rings is 2. The number of furan rings is 1. The fourth-order valence-corrected chi connectivity index (χ4v) is 2.79. The van der Waals surface area contributed by atoms with E-state index in [1.54, 1.807) is 6.07 Å². The number of carbonyl (C=O) groups excluding carboxylic acids is 1. The largest absolute Gasteiger partial charge is 0.484 e. The monoisotopic (exact) mass is 363 g/mol. The first-order valence-corrected chi connectivity index (χ1v) is 8.41. The van der Waals surface area contributed by atoms with Crippen LogP contribution < -0.4 is 10.1 Å². The summed E-state index contributed by atoms with van der Waals surface area (Å²) in [5.41, 5.74) is 0.702. The quantitative estimate of drug-likeness (QED) is 0.574. The van der Waals surface area contributed by atoms with Gasteiger partial charge in [-0.05, 0) is 42.8 Å². The van der Waals surface area contributed by atoms with E-state index in [1.165, 1.54) is 0 Å². The van der Waals surface area contributed by atoms with Gasteiger partial charge in [-0.3, -0.25) is 10.1 Å². The molecule has 0 bridgehead atoms. The lowest BCUT2D eigenvalue weighted by molar-refractivity contribution is -0.118. The summed E-state index contributed by atoms with van der Waals surface area (Å²) in [6.07, 6.45) is 0. The molecule has 7 heteroatoms. The Balaban J connectivity index is 1.38. The first kappa shape index (κ1) is 16.8. The number of aromatic nitrogens is 2. The molecule has 0 aliphatic rings. The van der Waals surface area contributed by atoms with Crippen LogP contribution in [0.5, 0.6) is 5.75 Å². The van der Waals surface area contributed by atoms with Crippen LogP contribution in [-0.2, 0) is 4.79 Å². The average Bonchev–Trinajstić information content (AvgIpc) is 3.25. The van der Waals surface area contributed by atoms with Gasteiger partial charge in [0.15, 0.2) is 6.61 Å². The molecule has 0 saturated carbocycles. The third kappa shape index (κ3) is 3.67. The lowest BCUT2D eigenvalue weighted by Crippen LogP contribution is -2.20. The van der Waals surface area contributed by atoms with Crippen LogP contribution in [0.3, 0.4) is 0 Å². The SMILES string of the molecule is Cc1cc(-c2nnc(NC(=O)COc3ccc4ccccc4c3)o2)c(C)o1. The molecule has 2 aromatic carbocycles. The van der Waals surface area contributed by atoms with Gasteiger partial charge in [-0.2, -0.15) is 0 Å². The molecule has 2 heterocycles. The highest BCUT2D eigenvalue weighted by atomic mass is 16.5. The lowest BCUT2D eigenvalue weighted by atomic mass is 10.1. The number of nitrogens with one attached hydrogen (secondary N) is 1. The molecule has 2 aromatic heterocycles. The van der Waals surface area contributed by atoms with Crippen LogP contribution in [0.15, 0.2) is 57.4 Å². The highest BCUT2D eigenvalue weighted by molar-refractivity contribution is 5.90. The molecule has 0 saturated heterocycles. The summed E-state index contributed by atoms with van der Waals surface area (Å²) in [7, 11) is 0. The molecule has 0 unspecified atom stereocenters. The predicted octanol–water partition coefficient (Wildman–Crippen LogP) is 4.12. The molecule has 0 radical (unpaired) electrons. The first-order valence-electron chi connectivity index (χ1n) is 8.41. The molecule has 4 rings (SSSR count). The van der Waals surface area contributed by atoms with Crippen molar-refractivity contribution in [2.24, 2.45) is 0 Å². The zero-order valence-electron chi connectivity index (χ0n) is 14.9. The molecule has 7 nitrogen and oxygen atoms in total. The second-order valence-electron chi connectivity index (χ2n) is 6.09. The van der Waals surface area contributed by atoms with Crippen molar-refractivity contribution >= 4 is 22.7 Å². The maximum Gasteiger partial charge on any atom is 0.322 e. The normalized spacial score (nSPS) is 10.9. The van der Waals surface area contributed by atoms with Crippen LogP contribution >= 0.6 is 0 Å². The Morgan fingerprint density at radius 2 is 1.85 bits per heavy atom. The van der Waals surface area contributed by atoms with Gasteiger partial charge in [0.25, 0.3) is 11.8 Å². The van der Waals surface area contributed by atoms with Crippen LogP contribution in [0.4, 0.5) is 6.01 Å². The van der Waals surface area contributed by atoms with E-state index >= 15 is 0 Å². The molecule has 0 aliphatic heterocycles. The number of rotatable bonds is 5. The number of fused-ring (bicyclic) bond motifs is 1. The number of ether oxygens (including phenoxy) is 1. The molecule has 0 fully saturated rings. The molecular weight excluding hydrogens is 346 g/mol. The van der Waals surface area contributed by atoms with Gasteiger partial charge in [0, 0.05) is 0 Å². The molecule has 27 heavy (non-hydrogen) atoms. The van der Waals surface area contributed by atoms with Crippen LogP contribution in [-0.4, -0.2) is 22.7 Å². The van der Waals surface area contributed by atoms with Gasteiger partial charge in [0.1, 0.15) is 17.3 Å². The molecule has 0 spiro atoms. The minimum atomic E-state index is -0.390. The highest BCUT2D eigenvalue weighted by Crippen LogP contribution is 2.26. The zero-order chi connectivity index (χ0) is 18.8. The zero-order valence-corrected chi connectivity index (χ0v) is 14.9. The maximum atomic E-state index is 12.1. The minimum Gasteiger partial charge on any atom is -0.484 e. The van der Waals surface area contributed by atoms with Gasteiger partial charge in [-0.25, -0.2) is 0 Å². The first-order chi connectivity index (χ1) is 13.1. The van der Waals surface area contributed by atoms with Crippen molar-refractivity contribution in [3.63, 3.8) is 0 Å². The van der Waals surface area contributed by atoms with E-state index in [4.69, 9.17) is 13.6 Å². The summed E-state index contributed by atoms with van der Waals surface area (Å²) < 4.78 is 16.5. The summed E-state index contributed by atoms with van der Waals surface area (Å²) >= 11 is 0. The summed E-state index contributed by atoms with van der Waals surface area (Å²) in [6.45, 7) is 3.47. The highest BCUT2D eigenvalue weighted by Gasteiger charge is 2.16. The Bertz CT molecular complexity index is 1110. The average molecular weight is 363 g/mol. The number of nitrogens with zero attached hydrogens (tertiary/aromatic N) is 2. The van der Waals surface area contributed by atoms with E-state index in [0.29, 0.717) is 17.1 Å². The standard InChI is InChI=1S/C20H17N3O4/c1-12-9-17(13(2)26-12)19-22-23-20(27-19)21-18(24)11-25-16-8-7-14-5-3-4-6-15(14)10-16/h3-10H,11H2,1-2H3,(H,21,23,24). The van der Waals surface area contributed by atoms with Gasteiger partial charge in [0.05, 0.1) is 5.56 Å². The molecule has 1 N–H and O–H groups in total. The lowest BCUT2D eigenvalue weighted by Gasteiger charge is -2.06. The fraction of sp³-hybridized carbons (Fsp3) is 0.150. The van der Waals surface area contributed by atoms with E-state index in [1.807, 2.05) is 56.3 Å². The van der Waals surface area contributed by atoms with Crippen molar-refractivity contribution in [2.75, 3.05) is 11.9 Å². The van der Waals surface area contributed by atoms with Crippen LogP contribution in [0, 0.1) is 13.8 Å². The Morgan fingerprint density at radius 1 is 1.04 bits per heavy atom. The Morgan fingerprint density at radius 3 is 2.63 bits per heavy atom. The summed E-state index contributed by atoms with van der Waals surface area (Å²) in [5.74, 6) is 1.93. The Kier molecular flexibility index (Phi) is 4.33. The van der Waals surface area contributed by atoms with Gasteiger partial charge < -0.3 is 13.6 Å².